The van der Waals surface area contributed by atoms with E-state index in [1.54, 1.807) is 6.07 Å². The van der Waals surface area contributed by atoms with E-state index >= 15 is 0 Å². The molecule has 1 aromatic carbocycles. The molecule has 0 spiro atoms. The van der Waals surface area contributed by atoms with Gasteiger partial charge in [-0.1, -0.05) is 6.07 Å². The lowest BCUT2D eigenvalue weighted by Gasteiger charge is -2.12. The first kappa shape index (κ1) is 23.4. The van der Waals surface area contributed by atoms with Gasteiger partial charge in [-0.25, -0.2) is 4.39 Å². The van der Waals surface area contributed by atoms with E-state index in [4.69, 9.17) is 0 Å². The molecule has 0 saturated carbocycles. The third kappa shape index (κ3) is 9.20. The number of carbonyl (C=O) groups is 1. The molecule has 22 heavy (non-hydrogen) atoms. The molecule has 0 aliphatic heterocycles. The minimum absolute atomic E-state index is 0. The van der Waals surface area contributed by atoms with E-state index in [0.29, 0.717) is 25.1 Å². The van der Waals surface area contributed by atoms with Crippen molar-refractivity contribution in [1.29, 1.82) is 0 Å². The molecule has 4 nitrogen and oxygen atoms in total. The Morgan fingerprint density at radius 1 is 1.27 bits per heavy atom. The van der Waals surface area contributed by atoms with Gasteiger partial charge < -0.3 is 15.5 Å². The van der Waals surface area contributed by atoms with E-state index in [-0.39, 0.29) is 36.5 Å². The van der Waals surface area contributed by atoms with Crippen molar-refractivity contribution in [3.63, 3.8) is 0 Å². The first-order valence-corrected chi connectivity index (χ1v) is 6.86. The molecule has 0 aliphatic carbocycles. The number of rotatable bonds is 8. The summed E-state index contributed by atoms with van der Waals surface area (Å²) in [4.78, 5) is 13.5. The van der Waals surface area contributed by atoms with Gasteiger partial charge in [-0.3, -0.25) is 4.79 Å². The van der Waals surface area contributed by atoms with Gasteiger partial charge in [-0.05, 0) is 51.8 Å². The largest absolute Gasteiger partial charge is 0.352 e. The highest BCUT2D eigenvalue weighted by molar-refractivity contribution is 5.85. The zero-order valence-electron chi connectivity index (χ0n) is 13.3. The third-order valence-corrected chi connectivity index (χ3v) is 2.92. The number of hydrogen-bond acceptors (Lipinski definition) is 3. The maximum absolute atomic E-state index is 13.6. The summed E-state index contributed by atoms with van der Waals surface area (Å²) in [6, 6.07) is 4.98. The average molecular weight is 354 g/mol. The van der Waals surface area contributed by atoms with E-state index in [1.807, 2.05) is 32.1 Å². The van der Waals surface area contributed by atoms with Gasteiger partial charge in [-0.2, -0.15) is 0 Å². The van der Waals surface area contributed by atoms with Gasteiger partial charge in [0.1, 0.15) is 5.82 Å². The smallest absolute Gasteiger partial charge is 0.220 e. The van der Waals surface area contributed by atoms with Crippen molar-refractivity contribution in [2.45, 2.75) is 25.9 Å². The molecule has 1 aromatic rings. The molecule has 0 radical (unpaired) electrons. The number of halogens is 3. The lowest BCUT2D eigenvalue weighted by atomic mass is 10.1. The number of amides is 1. The maximum atomic E-state index is 13.6. The Morgan fingerprint density at radius 3 is 2.55 bits per heavy atom. The van der Waals surface area contributed by atoms with E-state index in [1.165, 1.54) is 6.07 Å². The predicted octanol–water partition coefficient (Wildman–Crippen LogP) is 2.35. The molecule has 0 unspecified atom stereocenters. The van der Waals surface area contributed by atoms with Crippen molar-refractivity contribution in [3.05, 3.63) is 35.1 Å². The number of carbonyl (C=O) groups excluding carboxylic acids is 1. The molecular weight excluding hydrogens is 328 g/mol. The topological polar surface area (TPSA) is 44.4 Å². The highest BCUT2D eigenvalue weighted by Crippen LogP contribution is 2.12. The molecule has 0 heterocycles. The molecule has 0 bridgehead atoms. The van der Waals surface area contributed by atoms with Gasteiger partial charge in [-0.15, -0.1) is 24.8 Å². The molecule has 7 heteroatoms. The van der Waals surface area contributed by atoms with Gasteiger partial charge >= 0.3 is 0 Å². The summed E-state index contributed by atoms with van der Waals surface area (Å²) in [7, 11) is 5.66. The van der Waals surface area contributed by atoms with Gasteiger partial charge in [0.2, 0.25) is 5.91 Å². The molecule has 1 rings (SSSR count). The molecule has 0 fully saturated rings. The maximum Gasteiger partial charge on any atom is 0.220 e. The Labute approximate surface area is 144 Å². The standard InChI is InChI=1S/C15H24FN3O.2ClH/c1-17-8-4-5-15(20)18-10-12-6-7-14(16)13(9-12)11-19(2)3;;/h6-7,9,17H,4-5,8,10-11H2,1-3H3,(H,18,20);2*1H. The molecule has 0 saturated heterocycles. The molecular formula is C15H26Cl2FN3O. The summed E-state index contributed by atoms with van der Waals surface area (Å²) >= 11 is 0. The quantitative estimate of drug-likeness (QED) is 0.705. The van der Waals surface area contributed by atoms with Crippen LogP contribution in [0.1, 0.15) is 24.0 Å². The first-order valence-electron chi connectivity index (χ1n) is 6.86. The third-order valence-electron chi connectivity index (χ3n) is 2.92. The number of nitrogens with zero attached hydrogens (tertiary/aromatic N) is 1. The fourth-order valence-electron chi connectivity index (χ4n) is 1.91. The molecule has 0 aliphatic rings. The Kier molecular flexibility index (Phi) is 13.4. The first-order chi connectivity index (χ1) is 9.52. The lowest BCUT2D eigenvalue weighted by Crippen LogP contribution is -2.24. The summed E-state index contributed by atoms with van der Waals surface area (Å²) in [5, 5.41) is 5.86. The van der Waals surface area contributed by atoms with Crippen LogP contribution in [-0.4, -0.2) is 38.5 Å². The number of nitrogens with one attached hydrogen (secondary N) is 2. The predicted molar refractivity (Wildman–Crippen MR) is 93.3 cm³/mol. The van der Waals surface area contributed by atoms with Crippen LogP contribution >= 0.6 is 24.8 Å². The fourth-order valence-corrected chi connectivity index (χ4v) is 1.91. The van der Waals surface area contributed by atoms with Gasteiger partial charge in [0.05, 0.1) is 0 Å². The average Bonchev–Trinajstić information content (AvgIpc) is 2.39. The molecule has 0 aromatic heterocycles. The van der Waals surface area contributed by atoms with E-state index in [2.05, 4.69) is 10.6 Å². The minimum atomic E-state index is -0.206. The summed E-state index contributed by atoms with van der Waals surface area (Å²) in [6.07, 6.45) is 1.32. The van der Waals surface area contributed by atoms with Crippen LogP contribution in [0, 0.1) is 5.82 Å². The monoisotopic (exact) mass is 353 g/mol. The van der Waals surface area contributed by atoms with Crippen LogP contribution in [0.3, 0.4) is 0 Å². The van der Waals surface area contributed by atoms with Gasteiger partial charge in [0, 0.05) is 25.1 Å². The van der Waals surface area contributed by atoms with Crippen molar-refractivity contribution in [1.82, 2.24) is 15.5 Å². The molecule has 1 amide bonds. The Balaban J connectivity index is 0. The van der Waals surface area contributed by atoms with E-state index in [9.17, 15) is 9.18 Å². The molecule has 128 valence electrons. The Bertz CT molecular complexity index is 445. The second kappa shape index (κ2) is 12.6. The van der Waals surface area contributed by atoms with Crippen molar-refractivity contribution in [2.75, 3.05) is 27.7 Å². The fraction of sp³-hybridized carbons (Fsp3) is 0.533. The van der Waals surface area contributed by atoms with Crippen LogP contribution in [0.2, 0.25) is 0 Å². The van der Waals surface area contributed by atoms with Crippen LogP contribution in [0.4, 0.5) is 4.39 Å². The summed E-state index contributed by atoms with van der Waals surface area (Å²) in [6.45, 7) is 1.83. The molecule has 0 atom stereocenters. The highest BCUT2D eigenvalue weighted by Gasteiger charge is 2.06. The normalized spacial score (nSPS) is 9.86. The zero-order chi connectivity index (χ0) is 15.0. The Morgan fingerprint density at radius 2 is 1.95 bits per heavy atom. The van der Waals surface area contributed by atoms with Crippen LogP contribution in [0.5, 0.6) is 0 Å². The van der Waals surface area contributed by atoms with Crippen molar-refractivity contribution < 1.29 is 9.18 Å². The van der Waals surface area contributed by atoms with E-state index < -0.39 is 0 Å². The van der Waals surface area contributed by atoms with Gasteiger partial charge in [0.25, 0.3) is 0 Å². The van der Waals surface area contributed by atoms with Crippen LogP contribution in [0.15, 0.2) is 18.2 Å². The SMILES string of the molecule is CNCCCC(=O)NCc1ccc(F)c(CN(C)C)c1.Cl.Cl. The molecule has 2 N–H and O–H groups in total. The van der Waals surface area contributed by atoms with Crippen LogP contribution in [0.25, 0.3) is 0 Å². The second-order valence-electron chi connectivity index (χ2n) is 5.15. The summed E-state index contributed by atoms with van der Waals surface area (Å²) in [5.41, 5.74) is 1.57. The van der Waals surface area contributed by atoms with Crippen molar-refractivity contribution >= 4 is 30.7 Å². The van der Waals surface area contributed by atoms with Gasteiger partial charge in [0.15, 0.2) is 0 Å². The number of benzene rings is 1. The Hall–Kier alpha value is -0.880. The lowest BCUT2D eigenvalue weighted by molar-refractivity contribution is -0.121. The van der Waals surface area contributed by atoms with Crippen molar-refractivity contribution in [3.8, 4) is 0 Å². The van der Waals surface area contributed by atoms with E-state index in [0.717, 1.165) is 18.5 Å². The summed E-state index contributed by atoms with van der Waals surface area (Å²) in [5.74, 6) is -0.179. The second-order valence-corrected chi connectivity index (χ2v) is 5.15. The summed E-state index contributed by atoms with van der Waals surface area (Å²) < 4.78 is 13.6. The highest BCUT2D eigenvalue weighted by atomic mass is 35.5. The minimum Gasteiger partial charge on any atom is -0.352 e. The van der Waals surface area contributed by atoms with Crippen molar-refractivity contribution in [2.24, 2.45) is 0 Å². The zero-order valence-corrected chi connectivity index (χ0v) is 15.0. The number of hydrogen-bond donors (Lipinski definition) is 2. The van der Waals surface area contributed by atoms with Crippen LogP contribution in [-0.2, 0) is 17.9 Å². The van der Waals surface area contributed by atoms with Crippen LogP contribution < -0.4 is 10.6 Å².